The fourth-order valence-corrected chi connectivity index (χ4v) is 6.00. The van der Waals surface area contributed by atoms with Gasteiger partial charge in [-0.1, -0.05) is 20.8 Å². The molecule has 0 radical (unpaired) electrons. The van der Waals surface area contributed by atoms with Crippen molar-refractivity contribution in [3.63, 3.8) is 0 Å². The van der Waals surface area contributed by atoms with Crippen LogP contribution in [0.25, 0.3) is 0 Å². The summed E-state index contributed by atoms with van der Waals surface area (Å²) < 4.78 is 23.4. The monoisotopic (exact) mass is 313 g/mol. The zero-order chi connectivity index (χ0) is 15.9. The van der Waals surface area contributed by atoms with Crippen LogP contribution in [0.2, 0.25) is 0 Å². The van der Waals surface area contributed by atoms with Gasteiger partial charge in [-0.3, -0.25) is 0 Å². The predicted molar refractivity (Wildman–Crippen MR) is 82.2 cm³/mol. The van der Waals surface area contributed by atoms with Gasteiger partial charge in [-0.2, -0.15) is 5.26 Å². The van der Waals surface area contributed by atoms with Gasteiger partial charge in [0.15, 0.2) is 9.84 Å². The number of aliphatic hydroxyl groups excluding tert-OH is 1. The summed E-state index contributed by atoms with van der Waals surface area (Å²) in [4.78, 5) is 0. The molecule has 2 unspecified atom stereocenters. The van der Waals surface area contributed by atoms with Gasteiger partial charge in [0.2, 0.25) is 0 Å². The Morgan fingerprint density at radius 2 is 1.81 bits per heavy atom. The lowest BCUT2D eigenvalue weighted by molar-refractivity contribution is -0.00432. The molecule has 0 spiro atoms. The Bertz CT molecular complexity index is 521. The van der Waals surface area contributed by atoms with Crippen LogP contribution < -0.4 is 0 Å². The molecule has 2 atom stereocenters. The molecule has 5 heteroatoms. The standard InChI is InChI=1S/C16H27NO3S/c1-15(2,3)13-6-4-12(5-7-13)14(18)16(10-17)8-9-21(19,20)11-16/h12-14,18H,4-9,11H2,1-3H3. The molecule has 21 heavy (non-hydrogen) atoms. The summed E-state index contributed by atoms with van der Waals surface area (Å²) in [5.41, 5.74) is -0.794. The molecule has 2 fully saturated rings. The van der Waals surface area contributed by atoms with E-state index in [1.165, 1.54) is 0 Å². The van der Waals surface area contributed by atoms with Gasteiger partial charge in [-0.05, 0) is 49.4 Å². The average molecular weight is 313 g/mol. The lowest BCUT2D eigenvalue weighted by Gasteiger charge is -2.41. The Morgan fingerprint density at radius 1 is 1.24 bits per heavy atom. The molecule has 1 aliphatic heterocycles. The topological polar surface area (TPSA) is 78.2 Å². The highest BCUT2D eigenvalue weighted by Gasteiger charge is 2.51. The van der Waals surface area contributed by atoms with Crippen molar-refractivity contribution < 1.29 is 13.5 Å². The van der Waals surface area contributed by atoms with Gasteiger partial charge in [-0.15, -0.1) is 0 Å². The first-order chi connectivity index (χ1) is 9.60. The van der Waals surface area contributed by atoms with Crippen LogP contribution in [-0.4, -0.2) is 31.1 Å². The molecule has 0 aromatic carbocycles. The summed E-state index contributed by atoms with van der Waals surface area (Å²) in [7, 11) is -3.17. The van der Waals surface area contributed by atoms with Crippen LogP contribution >= 0.6 is 0 Å². The Kier molecular flexibility index (Phi) is 4.43. The fourth-order valence-electron chi connectivity index (χ4n) is 4.01. The molecule has 2 aliphatic rings. The quantitative estimate of drug-likeness (QED) is 0.849. The average Bonchev–Trinajstić information content (AvgIpc) is 2.74. The van der Waals surface area contributed by atoms with Gasteiger partial charge in [-0.25, -0.2) is 8.42 Å². The summed E-state index contributed by atoms with van der Waals surface area (Å²) in [6.07, 6.45) is 3.38. The number of aliphatic hydroxyl groups is 1. The Labute approximate surface area is 128 Å². The number of rotatable bonds is 2. The lowest BCUT2D eigenvalue weighted by atomic mass is 9.65. The molecule has 0 aromatic rings. The number of hydrogen-bond acceptors (Lipinski definition) is 4. The van der Waals surface area contributed by atoms with Crippen LogP contribution in [0.3, 0.4) is 0 Å². The molecule has 1 saturated heterocycles. The van der Waals surface area contributed by atoms with Crippen LogP contribution in [0.4, 0.5) is 0 Å². The molecule has 4 nitrogen and oxygen atoms in total. The van der Waals surface area contributed by atoms with Crippen molar-refractivity contribution in [1.82, 2.24) is 0 Å². The van der Waals surface area contributed by atoms with Gasteiger partial charge >= 0.3 is 0 Å². The molecule has 1 N–H and O–H groups in total. The number of nitrogens with zero attached hydrogens (tertiary/aromatic N) is 1. The zero-order valence-corrected chi connectivity index (χ0v) is 14.1. The van der Waals surface area contributed by atoms with E-state index in [0.717, 1.165) is 25.7 Å². The molecule has 0 bridgehead atoms. The van der Waals surface area contributed by atoms with Gasteiger partial charge in [0.25, 0.3) is 0 Å². The van der Waals surface area contributed by atoms with Crippen LogP contribution in [0.15, 0.2) is 0 Å². The van der Waals surface area contributed by atoms with Gasteiger partial charge in [0, 0.05) is 0 Å². The number of hydrogen-bond donors (Lipinski definition) is 1. The van der Waals surface area contributed by atoms with Gasteiger partial charge < -0.3 is 5.11 Å². The van der Waals surface area contributed by atoms with E-state index in [1.807, 2.05) is 0 Å². The van der Waals surface area contributed by atoms with Crippen LogP contribution in [0.5, 0.6) is 0 Å². The third-order valence-electron chi connectivity index (χ3n) is 5.57. The van der Waals surface area contributed by atoms with Gasteiger partial charge in [0.05, 0.1) is 29.1 Å². The minimum Gasteiger partial charge on any atom is -0.391 e. The van der Waals surface area contributed by atoms with E-state index in [-0.39, 0.29) is 29.3 Å². The zero-order valence-electron chi connectivity index (χ0n) is 13.3. The largest absolute Gasteiger partial charge is 0.391 e. The minimum atomic E-state index is -3.17. The van der Waals surface area contributed by atoms with Crippen molar-refractivity contribution in [2.45, 2.75) is 59.0 Å². The first kappa shape index (κ1) is 16.8. The molecule has 120 valence electrons. The Morgan fingerprint density at radius 3 is 2.19 bits per heavy atom. The van der Waals surface area contributed by atoms with Crippen molar-refractivity contribution >= 4 is 9.84 Å². The normalized spacial score (nSPS) is 37.9. The van der Waals surface area contributed by atoms with Crippen molar-refractivity contribution in [2.24, 2.45) is 22.7 Å². The van der Waals surface area contributed by atoms with Crippen LogP contribution in [0, 0.1) is 34.0 Å². The number of nitriles is 1. The number of sulfone groups is 1. The summed E-state index contributed by atoms with van der Waals surface area (Å²) >= 11 is 0. The van der Waals surface area contributed by atoms with Gasteiger partial charge in [0.1, 0.15) is 0 Å². The minimum absolute atomic E-state index is 0.0367. The maximum Gasteiger partial charge on any atom is 0.152 e. The fraction of sp³-hybridized carbons (Fsp3) is 0.938. The van der Waals surface area contributed by atoms with E-state index in [4.69, 9.17) is 0 Å². The second-order valence-electron chi connectivity index (χ2n) is 8.03. The van der Waals surface area contributed by atoms with E-state index in [9.17, 15) is 18.8 Å². The highest BCUT2D eigenvalue weighted by atomic mass is 32.2. The second-order valence-corrected chi connectivity index (χ2v) is 10.2. The Hall–Kier alpha value is -0.600. The van der Waals surface area contributed by atoms with Crippen LogP contribution in [-0.2, 0) is 9.84 Å². The summed E-state index contributed by atoms with van der Waals surface area (Å²) in [6, 6.07) is 2.14. The second kappa shape index (κ2) is 5.55. The van der Waals surface area contributed by atoms with E-state index in [2.05, 4.69) is 26.8 Å². The van der Waals surface area contributed by atoms with E-state index in [1.54, 1.807) is 0 Å². The van der Waals surface area contributed by atoms with Crippen molar-refractivity contribution in [3.8, 4) is 6.07 Å². The predicted octanol–water partition coefficient (Wildman–Crippen LogP) is 2.53. The summed E-state index contributed by atoms with van der Waals surface area (Å²) in [6.45, 7) is 6.73. The molecule has 1 saturated carbocycles. The summed E-state index contributed by atoms with van der Waals surface area (Å²) in [5, 5.41) is 20.1. The molecule has 0 aromatic heterocycles. The lowest BCUT2D eigenvalue weighted by Crippen LogP contribution is -2.42. The van der Waals surface area contributed by atoms with Crippen molar-refractivity contribution in [3.05, 3.63) is 0 Å². The first-order valence-electron chi connectivity index (χ1n) is 7.89. The summed E-state index contributed by atoms with van der Waals surface area (Å²) in [5.74, 6) is 0.578. The molecule has 1 heterocycles. The SMILES string of the molecule is CC(C)(C)C1CCC(C(O)C2(C#N)CCS(=O)(=O)C2)CC1. The van der Waals surface area contributed by atoms with E-state index in [0.29, 0.717) is 5.92 Å². The third-order valence-corrected chi connectivity index (χ3v) is 7.35. The molecule has 1 aliphatic carbocycles. The first-order valence-corrected chi connectivity index (χ1v) is 9.71. The van der Waals surface area contributed by atoms with Crippen molar-refractivity contribution in [2.75, 3.05) is 11.5 Å². The Balaban J connectivity index is 2.05. The maximum absolute atomic E-state index is 11.7. The molecule has 2 rings (SSSR count). The molecule has 0 amide bonds. The smallest absolute Gasteiger partial charge is 0.152 e. The van der Waals surface area contributed by atoms with Crippen molar-refractivity contribution in [1.29, 1.82) is 5.26 Å². The van der Waals surface area contributed by atoms with E-state index >= 15 is 0 Å². The van der Waals surface area contributed by atoms with Crippen LogP contribution in [0.1, 0.15) is 52.9 Å². The third kappa shape index (κ3) is 3.43. The maximum atomic E-state index is 11.7. The highest BCUT2D eigenvalue weighted by Crippen LogP contribution is 2.45. The van der Waals surface area contributed by atoms with E-state index < -0.39 is 21.4 Å². The molecular weight excluding hydrogens is 286 g/mol. The molecular formula is C16H27NO3S. The highest BCUT2D eigenvalue weighted by molar-refractivity contribution is 7.91.